The van der Waals surface area contributed by atoms with Gasteiger partial charge in [0, 0.05) is 30.3 Å². The van der Waals surface area contributed by atoms with Gasteiger partial charge in [-0.1, -0.05) is 6.92 Å². The molecule has 0 aliphatic carbocycles. The number of fused-ring (bicyclic) bond motifs is 3. The van der Waals surface area contributed by atoms with Crippen LogP contribution in [0.4, 0.5) is 14.5 Å². The number of hydrogen-bond donors (Lipinski definition) is 1. The number of nitrogens with one attached hydrogen (secondary N) is 1. The van der Waals surface area contributed by atoms with E-state index in [1.807, 2.05) is 0 Å². The van der Waals surface area contributed by atoms with Crippen molar-refractivity contribution in [2.24, 2.45) is 0 Å². The summed E-state index contributed by atoms with van der Waals surface area (Å²) in [5.41, 5.74) is 1.94. The lowest BCUT2D eigenvalue weighted by Crippen LogP contribution is -2.25. The van der Waals surface area contributed by atoms with Gasteiger partial charge in [0.15, 0.2) is 0 Å². The Morgan fingerprint density at radius 1 is 1.04 bits per heavy atom. The van der Waals surface area contributed by atoms with E-state index in [0.717, 1.165) is 55.9 Å². The van der Waals surface area contributed by atoms with Crippen LogP contribution in [0.3, 0.4) is 0 Å². The summed E-state index contributed by atoms with van der Waals surface area (Å²) >= 11 is 0. The van der Waals surface area contributed by atoms with Crippen molar-refractivity contribution in [1.82, 2.24) is 4.90 Å². The summed E-state index contributed by atoms with van der Waals surface area (Å²) in [5, 5.41) is 3.52. The van der Waals surface area contributed by atoms with Crippen LogP contribution in [-0.2, 0) is 9.84 Å². The quantitative estimate of drug-likeness (QED) is 0.864. The van der Waals surface area contributed by atoms with E-state index in [1.54, 1.807) is 12.1 Å². The zero-order valence-electron chi connectivity index (χ0n) is 15.1. The Balaban J connectivity index is 1.70. The van der Waals surface area contributed by atoms with Gasteiger partial charge in [-0.2, -0.15) is 0 Å². The number of sulfone groups is 1. The van der Waals surface area contributed by atoms with Crippen LogP contribution in [0.15, 0.2) is 46.2 Å². The van der Waals surface area contributed by atoms with Gasteiger partial charge >= 0.3 is 0 Å². The number of rotatable bonds is 3. The Bertz CT molecular complexity index is 958. The second-order valence-corrected chi connectivity index (χ2v) is 9.18. The minimum Gasteiger partial charge on any atom is -0.381 e. The number of anilines is 1. The van der Waals surface area contributed by atoms with Crippen LogP contribution in [0.25, 0.3) is 0 Å². The molecule has 2 aliphatic rings. The predicted octanol–water partition coefficient (Wildman–Crippen LogP) is 3.79. The molecule has 27 heavy (non-hydrogen) atoms. The van der Waals surface area contributed by atoms with Crippen molar-refractivity contribution in [2.45, 2.75) is 41.5 Å². The smallest absolute Gasteiger partial charge is 0.206 e. The molecule has 7 heteroatoms. The topological polar surface area (TPSA) is 49.4 Å². The highest BCUT2D eigenvalue weighted by Crippen LogP contribution is 2.42. The molecule has 1 N–H and O–H groups in total. The van der Waals surface area contributed by atoms with Crippen molar-refractivity contribution in [2.75, 3.05) is 25.0 Å². The molecule has 1 fully saturated rings. The summed E-state index contributed by atoms with van der Waals surface area (Å²) in [6, 6.07) is 7.63. The van der Waals surface area contributed by atoms with Crippen LogP contribution >= 0.6 is 0 Å². The molecule has 2 atom stereocenters. The first-order chi connectivity index (χ1) is 12.9. The summed E-state index contributed by atoms with van der Waals surface area (Å²) in [6.07, 6.45) is 1.96. The molecule has 2 aliphatic heterocycles. The van der Waals surface area contributed by atoms with Crippen molar-refractivity contribution in [3.05, 3.63) is 53.6 Å². The normalized spacial score (nSPS) is 22.6. The third kappa shape index (κ3) is 3.34. The summed E-state index contributed by atoms with van der Waals surface area (Å²) in [4.78, 5) is 2.11. The van der Waals surface area contributed by atoms with E-state index in [9.17, 15) is 17.2 Å². The second-order valence-electron chi connectivity index (χ2n) is 7.23. The van der Waals surface area contributed by atoms with Crippen LogP contribution in [-0.4, -0.2) is 39.0 Å². The van der Waals surface area contributed by atoms with E-state index in [-0.39, 0.29) is 15.7 Å². The van der Waals surface area contributed by atoms with Crippen LogP contribution in [0.2, 0.25) is 0 Å². The standard InChI is InChI=1S/C20H22F2N2O2S/c1-2-24-7-5-17-18-12-15(3-4-19(18)23-20(17)6-8-24)27(25,26)16-10-13(21)9-14(22)11-16/h3-4,9-12,17,20,23H,2,5-8H2,1H3/t17-,20-/m0/s1. The molecular formula is C20H22F2N2O2S. The number of nitrogens with zero attached hydrogens (tertiary/aromatic N) is 1. The maximum atomic E-state index is 13.5. The predicted molar refractivity (Wildman–Crippen MR) is 99.8 cm³/mol. The van der Waals surface area contributed by atoms with Gasteiger partial charge in [-0.3, -0.25) is 0 Å². The molecule has 4 nitrogen and oxygen atoms in total. The Kier molecular flexibility index (Phi) is 4.68. The molecule has 2 aromatic rings. The average Bonchev–Trinajstić information content (AvgIpc) is 2.84. The number of benzene rings is 2. The number of likely N-dealkylation sites (tertiary alicyclic amines) is 1. The Hall–Kier alpha value is -1.99. The van der Waals surface area contributed by atoms with Gasteiger partial charge in [0.2, 0.25) is 9.84 Å². The molecule has 0 radical (unpaired) electrons. The fraction of sp³-hybridized carbons (Fsp3) is 0.400. The fourth-order valence-electron chi connectivity index (χ4n) is 4.18. The van der Waals surface area contributed by atoms with Crippen molar-refractivity contribution >= 4 is 15.5 Å². The molecular weight excluding hydrogens is 370 g/mol. The van der Waals surface area contributed by atoms with Crippen molar-refractivity contribution in [3.8, 4) is 0 Å². The van der Waals surface area contributed by atoms with Crippen LogP contribution < -0.4 is 5.32 Å². The van der Waals surface area contributed by atoms with E-state index >= 15 is 0 Å². The van der Waals surface area contributed by atoms with Gasteiger partial charge in [0.25, 0.3) is 0 Å². The first-order valence-electron chi connectivity index (χ1n) is 9.22. The van der Waals surface area contributed by atoms with E-state index in [4.69, 9.17) is 0 Å². The maximum Gasteiger partial charge on any atom is 0.206 e. The van der Waals surface area contributed by atoms with Gasteiger partial charge in [-0.05, 0) is 61.8 Å². The number of hydrogen-bond acceptors (Lipinski definition) is 4. The van der Waals surface area contributed by atoms with Crippen LogP contribution in [0.5, 0.6) is 0 Å². The molecule has 2 heterocycles. The summed E-state index contributed by atoms with van der Waals surface area (Å²) in [6.45, 7) is 5.15. The van der Waals surface area contributed by atoms with Gasteiger partial charge < -0.3 is 10.2 Å². The highest BCUT2D eigenvalue weighted by Gasteiger charge is 2.35. The SMILES string of the molecule is CCN1CC[C@@H]2Nc3ccc(S(=O)(=O)c4cc(F)cc(F)c4)cc3[C@@H]2CC1. The molecule has 144 valence electrons. The average molecular weight is 392 g/mol. The lowest BCUT2D eigenvalue weighted by atomic mass is 9.91. The summed E-state index contributed by atoms with van der Waals surface area (Å²) in [5.74, 6) is -1.56. The van der Waals surface area contributed by atoms with E-state index in [1.165, 1.54) is 6.07 Å². The second kappa shape index (κ2) is 6.87. The molecule has 0 saturated carbocycles. The third-order valence-electron chi connectivity index (χ3n) is 5.67. The van der Waals surface area contributed by atoms with E-state index in [2.05, 4.69) is 17.1 Å². The van der Waals surface area contributed by atoms with E-state index in [0.29, 0.717) is 12.1 Å². The van der Waals surface area contributed by atoms with Crippen molar-refractivity contribution < 1.29 is 17.2 Å². The van der Waals surface area contributed by atoms with Gasteiger partial charge in [-0.15, -0.1) is 0 Å². The zero-order chi connectivity index (χ0) is 19.2. The Morgan fingerprint density at radius 2 is 1.74 bits per heavy atom. The zero-order valence-corrected chi connectivity index (χ0v) is 15.9. The van der Waals surface area contributed by atoms with Crippen LogP contribution in [0, 0.1) is 11.6 Å². The molecule has 2 aromatic carbocycles. The lowest BCUT2D eigenvalue weighted by Gasteiger charge is -2.17. The third-order valence-corrected chi connectivity index (χ3v) is 7.40. The highest BCUT2D eigenvalue weighted by molar-refractivity contribution is 7.91. The molecule has 0 unspecified atom stereocenters. The first-order valence-corrected chi connectivity index (χ1v) is 10.7. The fourth-order valence-corrected chi connectivity index (χ4v) is 5.52. The van der Waals surface area contributed by atoms with Gasteiger partial charge in [-0.25, -0.2) is 17.2 Å². The van der Waals surface area contributed by atoms with Gasteiger partial charge in [0.05, 0.1) is 9.79 Å². The Morgan fingerprint density at radius 3 is 2.44 bits per heavy atom. The molecule has 1 saturated heterocycles. The van der Waals surface area contributed by atoms with Crippen molar-refractivity contribution in [1.29, 1.82) is 0 Å². The van der Waals surface area contributed by atoms with Crippen LogP contribution in [0.1, 0.15) is 31.2 Å². The van der Waals surface area contributed by atoms with E-state index < -0.39 is 21.5 Å². The largest absolute Gasteiger partial charge is 0.381 e. The molecule has 0 bridgehead atoms. The first kappa shape index (κ1) is 18.4. The molecule has 0 amide bonds. The Labute approximate surface area is 158 Å². The minimum absolute atomic E-state index is 0.0743. The highest BCUT2D eigenvalue weighted by atomic mass is 32.2. The van der Waals surface area contributed by atoms with Crippen molar-refractivity contribution in [3.63, 3.8) is 0 Å². The monoisotopic (exact) mass is 392 g/mol. The minimum atomic E-state index is -3.99. The van der Waals surface area contributed by atoms with Gasteiger partial charge in [0.1, 0.15) is 11.6 Å². The summed E-state index contributed by atoms with van der Waals surface area (Å²) < 4.78 is 52.8. The lowest BCUT2D eigenvalue weighted by molar-refractivity contribution is 0.298. The maximum absolute atomic E-state index is 13.5. The number of halogens is 2. The summed E-state index contributed by atoms with van der Waals surface area (Å²) in [7, 11) is -3.99. The molecule has 4 rings (SSSR count). The molecule has 0 spiro atoms. The molecule has 0 aromatic heterocycles.